The van der Waals surface area contributed by atoms with Gasteiger partial charge in [-0.1, -0.05) is 41.7 Å². The molecule has 2 heterocycles. The number of amides is 1. The molecule has 1 aliphatic rings. The second-order valence-corrected chi connectivity index (χ2v) is 7.89. The highest BCUT2D eigenvalue weighted by Gasteiger charge is 2.35. The lowest BCUT2D eigenvalue weighted by molar-refractivity contribution is -0.130. The summed E-state index contributed by atoms with van der Waals surface area (Å²) < 4.78 is 1.71. The number of hydrogen-bond donors (Lipinski definition) is 1. The van der Waals surface area contributed by atoms with Crippen molar-refractivity contribution in [2.45, 2.75) is 32.7 Å². The Kier molecular flexibility index (Phi) is 7.03. The largest absolute Gasteiger partial charge is 0.342 e. The zero-order chi connectivity index (χ0) is 18.0. The van der Waals surface area contributed by atoms with Gasteiger partial charge in [0.2, 0.25) is 5.91 Å². The Bertz CT molecular complexity index is 803. The number of benzene rings is 1. The summed E-state index contributed by atoms with van der Waals surface area (Å²) in [5.74, 6) is 0.689. The molecular formula is C19H26ClN3O2S. The number of thiazole rings is 1. The Hall–Kier alpha value is -1.63. The van der Waals surface area contributed by atoms with E-state index in [0.717, 1.165) is 10.6 Å². The van der Waals surface area contributed by atoms with E-state index in [2.05, 4.69) is 12.1 Å². The van der Waals surface area contributed by atoms with Crippen LogP contribution < -0.4 is 10.6 Å². The highest BCUT2D eigenvalue weighted by atomic mass is 35.5. The number of nitrogens with two attached hydrogens (primary N) is 1. The van der Waals surface area contributed by atoms with Gasteiger partial charge in [-0.3, -0.25) is 9.59 Å². The molecule has 2 aromatic rings. The van der Waals surface area contributed by atoms with Gasteiger partial charge in [-0.05, 0) is 31.9 Å². The van der Waals surface area contributed by atoms with Crippen LogP contribution in [0.2, 0.25) is 0 Å². The maximum absolute atomic E-state index is 12.7. The maximum Gasteiger partial charge on any atom is 0.307 e. The zero-order valence-corrected chi connectivity index (χ0v) is 16.8. The van der Waals surface area contributed by atoms with E-state index in [1.165, 1.54) is 16.9 Å². The van der Waals surface area contributed by atoms with Gasteiger partial charge in [-0.2, -0.15) is 0 Å². The molecule has 26 heavy (non-hydrogen) atoms. The summed E-state index contributed by atoms with van der Waals surface area (Å²) in [6.07, 6.45) is 0.357. The quantitative estimate of drug-likeness (QED) is 0.845. The predicted octanol–water partition coefficient (Wildman–Crippen LogP) is 2.54. The van der Waals surface area contributed by atoms with Crippen molar-refractivity contribution in [1.29, 1.82) is 0 Å². The van der Waals surface area contributed by atoms with E-state index in [4.69, 9.17) is 5.73 Å². The van der Waals surface area contributed by atoms with Crippen molar-refractivity contribution in [2.24, 2.45) is 11.7 Å². The number of carbonyl (C=O) groups excluding carboxylic acids is 1. The van der Waals surface area contributed by atoms with Gasteiger partial charge >= 0.3 is 4.87 Å². The molecule has 0 bridgehead atoms. The molecule has 0 saturated carbocycles. The smallest absolute Gasteiger partial charge is 0.307 e. The second-order valence-electron chi connectivity index (χ2n) is 6.72. The Balaban J connectivity index is 0.00000243. The molecule has 1 aromatic heterocycles. The van der Waals surface area contributed by atoms with Crippen LogP contribution in [0.4, 0.5) is 0 Å². The molecule has 1 amide bonds. The molecule has 2 atom stereocenters. The third kappa shape index (κ3) is 4.19. The third-order valence-corrected chi connectivity index (χ3v) is 6.25. The Morgan fingerprint density at radius 3 is 2.50 bits per heavy atom. The zero-order valence-electron chi connectivity index (χ0n) is 15.2. The summed E-state index contributed by atoms with van der Waals surface area (Å²) in [6.45, 7) is 6.31. The first-order valence-corrected chi connectivity index (χ1v) is 9.52. The average Bonchev–Trinajstić information content (AvgIpc) is 3.16. The minimum Gasteiger partial charge on any atom is -0.342 e. The molecular weight excluding hydrogens is 370 g/mol. The topological polar surface area (TPSA) is 68.3 Å². The standard InChI is InChI=1S/C19H25N3O2S.ClH/c1-13-14(2)25-19(24)22(13)9-8-18(23)21-11-16(10-20)17(12-21)15-6-4-3-5-7-15;/h3-7,16-17H,8-12,20H2,1-2H3;1H/t16-,17+;/m1./s1. The van der Waals surface area contributed by atoms with Gasteiger partial charge in [-0.25, -0.2) is 0 Å². The van der Waals surface area contributed by atoms with E-state index < -0.39 is 0 Å². The van der Waals surface area contributed by atoms with E-state index in [-0.39, 0.29) is 23.2 Å². The van der Waals surface area contributed by atoms with Crippen molar-refractivity contribution >= 4 is 29.7 Å². The minimum atomic E-state index is 0. The van der Waals surface area contributed by atoms with Crippen LogP contribution in [0, 0.1) is 19.8 Å². The van der Waals surface area contributed by atoms with Crippen LogP contribution in [0.1, 0.15) is 28.5 Å². The first kappa shape index (κ1) is 20.7. The Morgan fingerprint density at radius 1 is 1.23 bits per heavy atom. The fourth-order valence-corrected chi connectivity index (χ4v) is 4.46. The number of nitrogens with zero attached hydrogens (tertiary/aromatic N) is 2. The molecule has 7 heteroatoms. The van der Waals surface area contributed by atoms with Gasteiger partial charge in [0.05, 0.1) is 0 Å². The van der Waals surface area contributed by atoms with E-state index in [1.807, 2.05) is 36.9 Å². The number of rotatable bonds is 5. The predicted molar refractivity (Wildman–Crippen MR) is 108 cm³/mol. The van der Waals surface area contributed by atoms with Gasteiger partial charge in [0, 0.05) is 42.5 Å². The first-order chi connectivity index (χ1) is 12.0. The van der Waals surface area contributed by atoms with Gasteiger partial charge < -0.3 is 15.2 Å². The van der Waals surface area contributed by atoms with Crippen LogP contribution >= 0.6 is 23.7 Å². The van der Waals surface area contributed by atoms with E-state index in [9.17, 15) is 9.59 Å². The summed E-state index contributed by atoms with van der Waals surface area (Å²) in [4.78, 5) is 27.6. The van der Waals surface area contributed by atoms with Crippen LogP contribution in [0.3, 0.4) is 0 Å². The summed E-state index contributed by atoms with van der Waals surface area (Å²) in [6, 6.07) is 10.3. The number of halogens is 1. The molecule has 1 aromatic carbocycles. The summed E-state index contributed by atoms with van der Waals surface area (Å²) >= 11 is 1.25. The summed E-state index contributed by atoms with van der Waals surface area (Å²) in [7, 11) is 0. The van der Waals surface area contributed by atoms with Crippen molar-refractivity contribution in [3.05, 3.63) is 56.1 Å². The number of hydrogen-bond acceptors (Lipinski definition) is 4. The molecule has 2 N–H and O–H groups in total. The van der Waals surface area contributed by atoms with Crippen molar-refractivity contribution in [3.63, 3.8) is 0 Å². The van der Waals surface area contributed by atoms with Gasteiger partial charge in [0.1, 0.15) is 0 Å². The third-order valence-electron chi connectivity index (χ3n) is 5.25. The Labute approximate surface area is 164 Å². The molecule has 0 spiro atoms. The molecule has 1 fully saturated rings. The fraction of sp³-hybridized carbons (Fsp3) is 0.474. The molecule has 142 valence electrons. The molecule has 1 aliphatic heterocycles. The van der Waals surface area contributed by atoms with Gasteiger partial charge in [-0.15, -0.1) is 12.4 Å². The lowest BCUT2D eigenvalue weighted by Crippen LogP contribution is -2.31. The number of likely N-dealkylation sites (tertiary alicyclic amines) is 1. The second kappa shape index (κ2) is 8.84. The van der Waals surface area contributed by atoms with E-state index in [0.29, 0.717) is 44.4 Å². The molecule has 1 saturated heterocycles. The van der Waals surface area contributed by atoms with Crippen molar-refractivity contribution in [3.8, 4) is 0 Å². The lowest BCUT2D eigenvalue weighted by atomic mass is 9.89. The van der Waals surface area contributed by atoms with Crippen molar-refractivity contribution < 1.29 is 4.79 Å². The van der Waals surface area contributed by atoms with Crippen LogP contribution in [-0.4, -0.2) is 35.0 Å². The van der Waals surface area contributed by atoms with Crippen LogP contribution in [-0.2, 0) is 11.3 Å². The normalized spacial score (nSPS) is 19.4. The maximum atomic E-state index is 12.7. The highest BCUT2D eigenvalue weighted by molar-refractivity contribution is 7.09. The number of aromatic nitrogens is 1. The van der Waals surface area contributed by atoms with Crippen molar-refractivity contribution in [1.82, 2.24) is 9.47 Å². The van der Waals surface area contributed by atoms with Gasteiger partial charge in [0.15, 0.2) is 0 Å². The SMILES string of the molecule is Cc1sc(=O)n(CCC(=O)N2C[C@@H](CN)[C@H](c3ccccc3)C2)c1C.Cl. The lowest BCUT2D eigenvalue weighted by Gasteiger charge is -2.17. The Morgan fingerprint density at radius 2 is 1.92 bits per heavy atom. The minimum absolute atomic E-state index is 0. The van der Waals surface area contributed by atoms with Crippen molar-refractivity contribution in [2.75, 3.05) is 19.6 Å². The fourth-order valence-electron chi connectivity index (χ4n) is 3.60. The first-order valence-electron chi connectivity index (χ1n) is 8.71. The molecule has 5 nitrogen and oxygen atoms in total. The van der Waals surface area contributed by atoms with Crippen LogP contribution in [0.15, 0.2) is 35.1 Å². The van der Waals surface area contributed by atoms with E-state index in [1.54, 1.807) is 4.57 Å². The molecule has 3 rings (SSSR count). The summed E-state index contributed by atoms with van der Waals surface area (Å²) in [5, 5.41) is 0. The number of aryl methyl sites for hydroxylation is 1. The molecule has 0 radical (unpaired) electrons. The average molecular weight is 396 g/mol. The summed E-state index contributed by atoms with van der Waals surface area (Å²) in [5.41, 5.74) is 8.16. The van der Waals surface area contributed by atoms with Crippen LogP contribution in [0.5, 0.6) is 0 Å². The highest BCUT2D eigenvalue weighted by Crippen LogP contribution is 2.32. The van der Waals surface area contributed by atoms with Crippen LogP contribution in [0.25, 0.3) is 0 Å². The monoisotopic (exact) mass is 395 g/mol. The van der Waals surface area contributed by atoms with Gasteiger partial charge in [0.25, 0.3) is 0 Å². The molecule has 0 aliphatic carbocycles. The van der Waals surface area contributed by atoms with E-state index >= 15 is 0 Å². The molecule has 0 unspecified atom stereocenters. The number of carbonyl (C=O) groups is 1.